The molecule has 1 aromatic heterocycles. The molecule has 1 N–H and O–H groups in total. The molecule has 3 aliphatic rings. The molecule has 2 saturated heterocycles. The Hall–Kier alpha value is -1.30. The summed E-state index contributed by atoms with van der Waals surface area (Å²) in [6, 6.07) is 0.458. The molecule has 0 aliphatic carbocycles. The summed E-state index contributed by atoms with van der Waals surface area (Å²) in [5.74, 6) is 2.47. The minimum atomic E-state index is 0.458. The van der Waals surface area contributed by atoms with Crippen LogP contribution in [0, 0.1) is 5.92 Å². The summed E-state index contributed by atoms with van der Waals surface area (Å²) in [5, 5.41) is 8.21. The van der Waals surface area contributed by atoms with Crippen LogP contribution in [0.15, 0.2) is 0 Å². The molecule has 0 radical (unpaired) electrons. The second-order valence-electron chi connectivity index (χ2n) is 6.13. The van der Waals surface area contributed by atoms with Crippen molar-refractivity contribution in [3.05, 3.63) is 0 Å². The summed E-state index contributed by atoms with van der Waals surface area (Å²) in [6.45, 7) is 4.97. The van der Waals surface area contributed by atoms with E-state index in [2.05, 4.69) is 14.9 Å². The Morgan fingerprint density at radius 2 is 2.05 bits per heavy atom. The Labute approximate surface area is 119 Å². The van der Waals surface area contributed by atoms with E-state index in [1.54, 1.807) is 0 Å². The van der Waals surface area contributed by atoms with Gasteiger partial charge < -0.3 is 15.0 Å². The van der Waals surface area contributed by atoms with Crippen LogP contribution >= 0.6 is 0 Å². The van der Waals surface area contributed by atoms with Crippen LogP contribution in [0.5, 0.6) is 0 Å². The number of nitrogens with zero attached hydrogens (tertiary/aromatic N) is 4. The van der Waals surface area contributed by atoms with Crippen molar-refractivity contribution in [2.24, 2.45) is 5.92 Å². The number of piperidine rings is 1. The summed E-state index contributed by atoms with van der Waals surface area (Å²) >= 11 is 0. The van der Waals surface area contributed by atoms with Gasteiger partial charge in [-0.05, 0) is 32.1 Å². The first-order valence-electron chi connectivity index (χ1n) is 7.95. The monoisotopic (exact) mass is 277 g/mol. The molecule has 6 heteroatoms. The summed E-state index contributed by atoms with van der Waals surface area (Å²) in [6.07, 6.45) is 6.14. The Bertz CT molecular complexity index is 462. The normalized spacial score (nSPS) is 30.1. The molecule has 0 amide bonds. The van der Waals surface area contributed by atoms with Gasteiger partial charge in [-0.1, -0.05) is 0 Å². The van der Waals surface area contributed by atoms with Gasteiger partial charge in [0.2, 0.25) is 11.9 Å². The fraction of sp³-hybridized carbons (Fsp3) is 0.857. The average Bonchev–Trinajstić information content (AvgIpc) is 3.17. The topological polar surface area (TPSA) is 55.2 Å². The molecule has 2 atom stereocenters. The molecule has 1 aromatic rings. The van der Waals surface area contributed by atoms with Gasteiger partial charge in [0.1, 0.15) is 0 Å². The van der Waals surface area contributed by atoms with E-state index in [0.29, 0.717) is 12.0 Å². The number of anilines is 2. The summed E-state index contributed by atoms with van der Waals surface area (Å²) in [5.41, 5.74) is 0. The predicted molar refractivity (Wildman–Crippen MR) is 77.2 cm³/mol. The number of ether oxygens (including phenoxy) is 1. The molecular formula is C14H23N5O. The van der Waals surface area contributed by atoms with Gasteiger partial charge >= 0.3 is 0 Å². The highest BCUT2D eigenvalue weighted by molar-refractivity contribution is 5.39. The van der Waals surface area contributed by atoms with Gasteiger partial charge in [0.05, 0.1) is 12.6 Å². The number of rotatable bonds is 2. The van der Waals surface area contributed by atoms with Crippen molar-refractivity contribution < 1.29 is 4.74 Å². The van der Waals surface area contributed by atoms with E-state index >= 15 is 0 Å². The van der Waals surface area contributed by atoms with Crippen molar-refractivity contribution in [1.29, 1.82) is 0 Å². The number of fused-ring (bicyclic) bond motifs is 1. The van der Waals surface area contributed by atoms with Crippen LogP contribution in [0.1, 0.15) is 38.1 Å². The first kappa shape index (κ1) is 12.4. The van der Waals surface area contributed by atoms with Gasteiger partial charge in [-0.15, -0.1) is 5.10 Å². The van der Waals surface area contributed by atoms with Crippen molar-refractivity contribution in [1.82, 2.24) is 14.8 Å². The quantitative estimate of drug-likeness (QED) is 0.891. The van der Waals surface area contributed by atoms with Crippen molar-refractivity contribution in [3.8, 4) is 0 Å². The molecule has 6 nitrogen and oxygen atoms in total. The summed E-state index contributed by atoms with van der Waals surface area (Å²) in [4.78, 5) is 7.05. The molecule has 2 fully saturated rings. The number of nitrogens with one attached hydrogen (secondary N) is 1. The SMILES string of the molecule is C1CCN(c2nc3n(n2)C(C2CCOC2)CCN3)CC1. The zero-order chi connectivity index (χ0) is 13.4. The molecule has 20 heavy (non-hydrogen) atoms. The van der Waals surface area contributed by atoms with Crippen LogP contribution < -0.4 is 10.2 Å². The number of hydrogen-bond acceptors (Lipinski definition) is 5. The third kappa shape index (κ3) is 2.16. The van der Waals surface area contributed by atoms with Crippen molar-refractivity contribution >= 4 is 11.9 Å². The first-order valence-corrected chi connectivity index (χ1v) is 7.95. The van der Waals surface area contributed by atoms with Crippen LogP contribution in [0.3, 0.4) is 0 Å². The third-order valence-corrected chi connectivity index (χ3v) is 4.81. The Balaban J connectivity index is 1.59. The second kappa shape index (κ2) is 5.24. The van der Waals surface area contributed by atoms with Crippen LogP contribution in [-0.2, 0) is 4.74 Å². The van der Waals surface area contributed by atoms with Gasteiger partial charge in [-0.3, -0.25) is 0 Å². The zero-order valence-electron chi connectivity index (χ0n) is 11.9. The first-order chi connectivity index (χ1) is 9.92. The van der Waals surface area contributed by atoms with Crippen molar-refractivity contribution in [2.75, 3.05) is 43.1 Å². The lowest BCUT2D eigenvalue weighted by molar-refractivity contribution is 0.167. The molecule has 2 unspecified atom stereocenters. The maximum absolute atomic E-state index is 5.56. The number of aromatic nitrogens is 3. The fourth-order valence-electron chi connectivity index (χ4n) is 3.64. The maximum Gasteiger partial charge on any atom is 0.246 e. The van der Waals surface area contributed by atoms with Gasteiger partial charge in [0, 0.05) is 32.2 Å². The van der Waals surface area contributed by atoms with E-state index in [1.165, 1.54) is 19.3 Å². The Kier molecular flexibility index (Phi) is 3.26. The molecule has 4 rings (SSSR count). The highest BCUT2D eigenvalue weighted by Crippen LogP contribution is 2.34. The van der Waals surface area contributed by atoms with E-state index in [1.807, 2.05) is 0 Å². The molecular weight excluding hydrogens is 254 g/mol. The van der Waals surface area contributed by atoms with Crippen molar-refractivity contribution in [3.63, 3.8) is 0 Å². The lowest BCUT2D eigenvalue weighted by atomic mass is 9.95. The van der Waals surface area contributed by atoms with Crippen molar-refractivity contribution in [2.45, 2.75) is 38.1 Å². The van der Waals surface area contributed by atoms with Crippen LogP contribution in [0.2, 0.25) is 0 Å². The molecule has 0 saturated carbocycles. The van der Waals surface area contributed by atoms with E-state index in [9.17, 15) is 0 Å². The largest absolute Gasteiger partial charge is 0.381 e. The smallest absolute Gasteiger partial charge is 0.246 e. The predicted octanol–water partition coefficient (Wildman–Crippen LogP) is 1.66. The fourth-order valence-corrected chi connectivity index (χ4v) is 3.64. The summed E-state index contributed by atoms with van der Waals surface area (Å²) < 4.78 is 7.69. The van der Waals surface area contributed by atoms with E-state index in [4.69, 9.17) is 14.8 Å². The minimum absolute atomic E-state index is 0.458. The van der Waals surface area contributed by atoms with Crippen LogP contribution in [-0.4, -0.2) is 47.6 Å². The molecule has 0 aromatic carbocycles. The molecule has 0 spiro atoms. The van der Waals surface area contributed by atoms with Gasteiger partial charge in [0.25, 0.3) is 0 Å². The second-order valence-corrected chi connectivity index (χ2v) is 6.13. The third-order valence-electron chi connectivity index (χ3n) is 4.81. The summed E-state index contributed by atoms with van der Waals surface area (Å²) in [7, 11) is 0. The minimum Gasteiger partial charge on any atom is -0.381 e. The standard InChI is InChI=1S/C14H23N5O/c1-2-7-18(8-3-1)14-16-13-15-6-4-12(19(13)17-14)11-5-9-20-10-11/h11-12H,1-10H2,(H,15,16,17). The molecule has 0 bridgehead atoms. The van der Waals surface area contributed by atoms with Crippen LogP contribution in [0.4, 0.5) is 11.9 Å². The number of hydrogen-bond donors (Lipinski definition) is 1. The highest BCUT2D eigenvalue weighted by atomic mass is 16.5. The zero-order valence-corrected chi connectivity index (χ0v) is 11.9. The van der Waals surface area contributed by atoms with Gasteiger partial charge in [0.15, 0.2) is 0 Å². The highest BCUT2D eigenvalue weighted by Gasteiger charge is 2.33. The Morgan fingerprint density at radius 3 is 2.85 bits per heavy atom. The lowest BCUT2D eigenvalue weighted by Crippen LogP contribution is -2.31. The average molecular weight is 277 g/mol. The lowest BCUT2D eigenvalue weighted by Gasteiger charge is -2.28. The molecule has 110 valence electrons. The van der Waals surface area contributed by atoms with E-state index in [-0.39, 0.29) is 0 Å². The van der Waals surface area contributed by atoms with Crippen LogP contribution in [0.25, 0.3) is 0 Å². The molecule has 4 heterocycles. The Morgan fingerprint density at radius 1 is 1.15 bits per heavy atom. The van der Waals surface area contributed by atoms with E-state index in [0.717, 1.165) is 57.6 Å². The van der Waals surface area contributed by atoms with Gasteiger partial charge in [-0.2, -0.15) is 4.98 Å². The maximum atomic E-state index is 5.56. The van der Waals surface area contributed by atoms with E-state index < -0.39 is 0 Å². The molecule has 3 aliphatic heterocycles. The van der Waals surface area contributed by atoms with Gasteiger partial charge in [-0.25, -0.2) is 4.68 Å².